The van der Waals surface area contributed by atoms with E-state index in [4.69, 9.17) is 5.73 Å². The van der Waals surface area contributed by atoms with Crippen molar-refractivity contribution in [2.24, 2.45) is 5.73 Å². The Balaban J connectivity index is 1.98. The van der Waals surface area contributed by atoms with E-state index in [9.17, 15) is 4.79 Å². The van der Waals surface area contributed by atoms with Crippen LogP contribution in [-0.2, 0) is 17.9 Å². The number of nitrogens with zero attached hydrogens (tertiary/aromatic N) is 2. The third-order valence-corrected chi connectivity index (χ3v) is 3.42. The monoisotopic (exact) mass is 286 g/mol. The molecule has 1 atom stereocenters. The van der Waals surface area contributed by atoms with Gasteiger partial charge in [0.05, 0.1) is 12.4 Å². The summed E-state index contributed by atoms with van der Waals surface area (Å²) in [5.74, 6) is -0.0886. The fourth-order valence-corrected chi connectivity index (χ4v) is 2.22. The van der Waals surface area contributed by atoms with Gasteiger partial charge >= 0.3 is 0 Å². The number of hydrogen-bond acceptors (Lipinski definition) is 3. The van der Waals surface area contributed by atoms with Gasteiger partial charge in [-0.1, -0.05) is 37.6 Å². The molecule has 1 aromatic carbocycles. The molecule has 0 fully saturated rings. The predicted octanol–water partition coefficient (Wildman–Crippen LogP) is 1.67. The number of carbonyl (C=O) groups excluding carboxylic acids is 1. The minimum Gasteiger partial charge on any atom is -0.351 e. The fourth-order valence-electron chi connectivity index (χ4n) is 2.22. The zero-order chi connectivity index (χ0) is 15.1. The van der Waals surface area contributed by atoms with Gasteiger partial charge < -0.3 is 15.6 Å². The number of aromatic nitrogens is 2. The second kappa shape index (κ2) is 7.59. The van der Waals surface area contributed by atoms with Gasteiger partial charge in [0.25, 0.3) is 0 Å². The van der Waals surface area contributed by atoms with Gasteiger partial charge in [-0.2, -0.15) is 0 Å². The minimum atomic E-state index is -0.421. The number of hydrogen-bond donors (Lipinski definition) is 2. The molecule has 0 aliphatic heterocycles. The second-order valence-electron chi connectivity index (χ2n) is 5.12. The molecule has 1 amide bonds. The maximum Gasteiger partial charge on any atom is 0.237 e. The van der Waals surface area contributed by atoms with E-state index in [1.807, 2.05) is 35.9 Å². The Morgan fingerprint density at radius 3 is 2.81 bits per heavy atom. The molecule has 0 aliphatic carbocycles. The van der Waals surface area contributed by atoms with Crippen LogP contribution < -0.4 is 11.1 Å². The van der Waals surface area contributed by atoms with Crippen molar-refractivity contribution in [2.75, 3.05) is 0 Å². The maximum absolute atomic E-state index is 11.9. The van der Waals surface area contributed by atoms with Crippen LogP contribution >= 0.6 is 0 Å². The zero-order valence-electron chi connectivity index (χ0n) is 12.3. The van der Waals surface area contributed by atoms with Crippen LogP contribution in [0.3, 0.4) is 0 Å². The van der Waals surface area contributed by atoms with Crippen LogP contribution in [0, 0.1) is 0 Å². The Hall–Kier alpha value is -2.14. The van der Waals surface area contributed by atoms with Crippen molar-refractivity contribution in [3.05, 3.63) is 54.1 Å². The third kappa shape index (κ3) is 4.43. The summed E-state index contributed by atoms with van der Waals surface area (Å²) in [5, 5.41) is 2.91. The number of nitrogens with two attached hydrogens (primary N) is 1. The fraction of sp³-hybridized carbons (Fsp3) is 0.375. The molecule has 1 heterocycles. The van der Waals surface area contributed by atoms with E-state index < -0.39 is 6.04 Å². The summed E-state index contributed by atoms with van der Waals surface area (Å²) in [7, 11) is 0. The second-order valence-corrected chi connectivity index (χ2v) is 5.12. The molecule has 0 aliphatic rings. The van der Waals surface area contributed by atoms with Crippen molar-refractivity contribution in [1.82, 2.24) is 14.9 Å². The van der Waals surface area contributed by atoms with Gasteiger partial charge in [-0.15, -0.1) is 0 Å². The van der Waals surface area contributed by atoms with Crippen molar-refractivity contribution in [3.8, 4) is 0 Å². The van der Waals surface area contributed by atoms with E-state index in [1.54, 1.807) is 12.5 Å². The van der Waals surface area contributed by atoms with E-state index >= 15 is 0 Å². The van der Waals surface area contributed by atoms with E-state index in [0.29, 0.717) is 13.0 Å². The summed E-state index contributed by atoms with van der Waals surface area (Å²) in [4.78, 5) is 15.9. The van der Waals surface area contributed by atoms with Crippen molar-refractivity contribution in [3.63, 3.8) is 0 Å². The van der Waals surface area contributed by atoms with Crippen LogP contribution in [0.5, 0.6) is 0 Å². The lowest BCUT2D eigenvalue weighted by molar-refractivity contribution is -0.122. The SMILES string of the molecule is CCCC(N)C(=O)NCc1ccccc1Cn1ccnc1. The summed E-state index contributed by atoms with van der Waals surface area (Å²) in [6.45, 7) is 3.27. The molecule has 5 heteroatoms. The molecule has 5 nitrogen and oxygen atoms in total. The number of benzene rings is 1. The van der Waals surface area contributed by atoms with Crippen LogP contribution in [0.15, 0.2) is 43.0 Å². The molecule has 21 heavy (non-hydrogen) atoms. The van der Waals surface area contributed by atoms with E-state index in [-0.39, 0.29) is 5.91 Å². The topological polar surface area (TPSA) is 72.9 Å². The lowest BCUT2D eigenvalue weighted by Gasteiger charge is -2.14. The first-order valence-electron chi connectivity index (χ1n) is 7.26. The summed E-state index contributed by atoms with van der Waals surface area (Å²) in [6.07, 6.45) is 7.08. The molecule has 1 unspecified atom stereocenters. The molecular weight excluding hydrogens is 264 g/mol. The quantitative estimate of drug-likeness (QED) is 0.813. The van der Waals surface area contributed by atoms with Crippen LogP contribution in [-0.4, -0.2) is 21.5 Å². The molecule has 3 N–H and O–H groups in total. The Bertz CT molecular complexity index is 565. The number of imidazole rings is 1. The molecule has 0 radical (unpaired) electrons. The highest BCUT2D eigenvalue weighted by Crippen LogP contribution is 2.10. The maximum atomic E-state index is 11.9. The van der Waals surface area contributed by atoms with Crippen molar-refractivity contribution < 1.29 is 4.79 Å². The van der Waals surface area contributed by atoms with Crippen LogP contribution in [0.4, 0.5) is 0 Å². The lowest BCUT2D eigenvalue weighted by atomic mass is 10.1. The van der Waals surface area contributed by atoms with Gasteiger partial charge in [0.1, 0.15) is 0 Å². The highest BCUT2D eigenvalue weighted by atomic mass is 16.2. The molecule has 0 bridgehead atoms. The summed E-state index contributed by atoms with van der Waals surface area (Å²) in [6, 6.07) is 7.65. The average molecular weight is 286 g/mol. The Kier molecular flexibility index (Phi) is 5.51. The van der Waals surface area contributed by atoms with Crippen LogP contribution in [0.25, 0.3) is 0 Å². The first kappa shape index (κ1) is 15.3. The molecule has 0 saturated heterocycles. The molecule has 0 spiro atoms. The summed E-state index contributed by atoms with van der Waals surface area (Å²) < 4.78 is 2.00. The predicted molar refractivity (Wildman–Crippen MR) is 82.5 cm³/mol. The van der Waals surface area contributed by atoms with Crippen molar-refractivity contribution in [2.45, 2.75) is 38.9 Å². The van der Waals surface area contributed by atoms with Gasteiger partial charge in [0.15, 0.2) is 0 Å². The summed E-state index contributed by atoms with van der Waals surface area (Å²) in [5.41, 5.74) is 8.08. The van der Waals surface area contributed by atoms with Crippen molar-refractivity contribution >= 4 is 5.91 Å². The van der Waals surface area contributed by atoms with Crippen LogP contribution in [0.2, 0.25) is 0 Å². The average Bonchev–Trinajstić information content (AvgIpc) is 2.99. The number of amides is 1. The van der Waals surface area contributed by atoms with E-state index in [0.717, 1.165) is 18.5 Å². The Labute approximate surface area is 125 Å². The number of carbonyl (C=O) groups is 1. The van der Waals surface area contributed by atoms with Gasteiger partial charge in [0.2, 0.25) is 5.91 Å². The van der Waals surface area contributed by atoms with Crippen LogP contribution in [0.1, 0.15) is 30.9 Å². The molecule has 2 rings (SSSR count). The Morgan fingerprint density at radius 2 is 2.14 bits per heavy atom. The first-order valence-corrected chi connectivity index (χ1v) is 7.26. The van der Waals surface area contributed by atoms with Gasteiger partial charge in [0, 0.05) is 25.5 Å². The van der Waals surface area contributed by atoms with Gasteiger partial charge in [-0.05, 0) is 17.5 Å². The first-order chi connectivity index (χ1) is 10.2. The number of nitrogens with one attached hydrogen (secondary N) is 1. The molecule has 1 aromatic heterocycles. The molecular formula is C16H22N4O. The normalized spacial score (nSPS) is 12.1. The van der Waals surface area contributed by atoms with Gasteiger partial charge in [-0.3, -0.25) is 4.79 Å². The smallest absolute Gasteiger partial charge is 0.237 e. The lowest BCUT2D eigenvalue weighted by Crippen LogP contribution is -2.40. The molecule has 2 aromatic rings. The van der Waals surface area contributed by atoms with E-state index in [1.165, 1.54) is 5.56 Å². The number of rotatable bonds is 7. The highest BCUT2D eigenvalue weighted by molar-refractivity contribution is 5.81. The molecule has 0 saturated carbocycles. The third-order valence-electron chi connectivity index (χ3n) is 3.42. The van der Waals surface area contributed by atoms with E-state index in [2.05, 4.69) is 16.4 Å². The van der Waals surface area contributed by atoms with Crippen molar-refractivity contribution in [1.29, 1.82) is 0 Å². The minimum absolute atomic E-state index is 0.0886. The Morgan fingerprint density at radius 1 is 1.38 bits per heavy atom. The molecule has 112 valence electrons. The largest absolute Gasteiger partial charge is 0.351 e. The van der Waals surface area contributed by atoms with Gasteiger partial charge in [-0.25, -0.2) is 4.98 Å². The highest BCUT2D eigenvalue weighted by Gasteiger charge is 2.12. The standard InChI is InChI=1S/C16H22N4O/c1-2-5-15(17)16(21)19-10-13-6-3-4-7-14(13)11-20-9-8-18-12-20/h3-4,6-9,12,15H,2,5,10-11,17H2,1H3,(H,19,21). The summed E-state index contributed by atoms with van der Waals surface area (Å²) >= 11 is 0. The zero-order valence-corrected chi connectivity index (χ0v) is 12.3.